The summed E-state index contributed by atoms with van der Waals surface area (Å²) in [6, 6.07) is 10.8. The lowest BCUT2D eigenvalue weighted by molar-refractivity contribution is -0.119. The number of benzene rings is 2. The van der Waals surface area contributed by atoms with Crippen molar-refractivity contribution < 1.29 is 22.7 Å². The van der Waals surface area contributed by atoms with Gasteiger partial charge in [0.1, 0.15) is 18.2 Å². The van der Waals surface area contributed by atoms with Crippen LogP contribution in [0.5, 0.6) is 5.75 Å². The molecule has 1 aliphatic rings. The normalized spacial score (nSPS) is 13.5. The smallest absolute Gasteiger partial charge is 0.242 e. The Morgan fingerprint density at radius 2 is 1.97 bits per heavy atom. The van der Waals surface area contributed by atoms with Crippen LogP contribution in [0.2, 0.25) is 5.02 Å². The van der Waals surface area contributed by atoms with Gasteiger partial charge in [0, 0.05) is 30.8 Å². The summed E-state index contributed by atoms with van der Waals surface area (Å²) in [6.45, 7) is 3.41. The van der Waals surface area contributed by atoms with Crippen LogP contribution >= 0.6 is 11.6 Å². The molecule has 39 heavy (non-hydrogen) atoms. The summed E-state index contributed by atoms with van der Waals surface area (Å²) in [5, 5.41) is 16.9. The largest absolute Gasteiger partial charge is 0.487 e. The second kappa shape index (κ2) is 14.0. The van der Waals surface area contributed by atoms with E-state index in [0.29, 0.717) is 23.5 Å². The van der Waals surface area contributed by atoms with Crippen LogP contribution in [0.25, 0.3) is 0 Å². The van der Waals surface area contributed by atoms with Gasteiger partial charge >= 0.3 is 0 Å². The lowest BCUT2D eigenvalue weighted by Gasteiger charge is -2.17. The molecule has 1 fully saturated rings. The van der Waals surface area contributed by atoms with Crippen LogP contribution in [0.1, 0.15) is 24.0 Å². The second-order valence-electron chi connectivity index (χ2n) is 9.12. The maximum atomic E-state index is 13.5. The number of alkyl halides is 2. The Morgan fingerprint density at radius 1 is 1.15 bits per heavy atom. The molecule has 3 aromatic rings. The highest BCUT2D eigenvalue weighted by Gasteiger charge is 2.18. The number of likely N-dealkylation sites (tertiary alicyclic amines) is 1. The minimum Gasteiger partial charge on any atom is -0.487 e. The summed E-state index contributed by atoms with van der Waals surface area (Å²) in [6.07, 6.45) is 0.422. The SMILES string of the molecule is O=C(CNc1cnnc(Nc2ccc(OCc3cccc(F)c3)c(Cl)c2)c1CC(F)F)NCCN1CCCC1. The fourth-order valence-corrected chi connectivity index (χ4v) is 4.48. The number of anilines is 3. The number of aromatic nitrogens is 2. The average Bonchev–Trinajstić information content (AvgIpc) is 3.42. The van der Waals surface area contributed by atoms with Crippen LogP contribution in [0.4, 0.5) is 30.4 Å². The summed E-state index contributed by atoms with van der Waals surface area (Å²) in [7, 11) is 0. The summed E-state index contributed by atoms with van der Waals surface area (Å²) >= 11 is 6.36. The van der Waals surface area contributed by atoms with Crippen LogP contribution in [0.3, 0.4) is 0 Å². The van der Waals surface area contributed by atoms with Gasteiger partial charge < -0.3 is 25.6 Å². The predicted octanol–water partition coefficient (Wildman–Crippen LogP) is 5.02. The van der Waals surface area contributed by atoms with Crippen molar-refractivity contribution in [2.24, 2.45) is 0 Å². The van der Waals surface area contributed by atoms with E-state index in [9.17, 15) is 18.0 Å². The number of halogens is 4. The van der Waals surface area contributed by atoms with E-state index in [2.05, 4.69) is 31.0 Å². The molecular weight excluding hydrogens is 533 g/mol. The summed E-state index contributed by atoms with van der Waals surface area (Å²) < 4.78 is 46.0. The third-order valence-corrected chi connectivity index (χ3v) is 6.48. The fraction of sp³-hybridized carbons (Fsp3) is 0.370. The summed E-state index contributed by atoms with van der Waals surface area (Å²) in [4.78, 5) is 14.6. The molecule has 1 saturated heterocycles. The molecule has 0 unspecified atom stereocenters. The van der Waals surface area contributed by atoms with Crippen molar-refractivity contribution in [3.8, 4) is 5.75 Å². The van der Waals surface area contributed by atoms with Crippen LogP contribution < -0.4 is 20.7 Å². The van der Waals surface area contributed by atoms with Gasteiger partial charge in [-0.25, -0.2) is 13.2 Å². The van der Waals surface area contributed by atoms with Crippen molar-refractivity contribution >= 4 is 34.7 Å². The summed E-state index contributed by atoms with van der Waals surface area (Å²) in [5.41, 5.74) is 1.58. The zero-order valence-electron chi connectivity index (χ0n) is 21.2. The number of nitrogens with zero attached hydrogens (tertiary/aromatic N) is 3. The minimum atomic E-state index is -2.65. The molecule has 2 aromatic carbocycles. The number of ether oxygens (including phenoxy) is 1. The van der Waals surface area contributed by atoms with Gasteiger partial charge in [0.05, 0.1) is 23.5 Å². The van der Waals surface area contributed by atoms with Crippen molar-refractivity contribution in [1.82, 2.24) is 20.4 Å². The van der Waals surface area contributed by atoms with Crippen molar-refractivity contribution in [3.05, 3.63) is 70.6 Å². The first-order chi connectivity index (χ1) is 18.9. The van der Waals surface area contributed by atoms with Gasteiger partial charge in [-0.15, -0.1) is 5.10 Å². The summed E-state index contributed by atoms with van der Waals surface area (Å²) in [5.74, 6) is -0.128. The molecular formula is C27H30ClF3N6O2. The highest BCUT2D eigenvalue weighted by molar-refractivity contribution is 6.32. The van der Waals surface area contributed by atoms with Crippen molar-refractivity contribution in [3.63, 3.8) is 0 Å². The predicted molar refractivity (Wildman–Crippen MR) is 144 cm³/mol. The molecule has 208 valence electrons. The minimum absolute atomic E-state index is 0.0927. The van der Waals surface area contributed by atoms with E-state index < -0.39 is 12.8 Å². The highest BCUT2D eigenvalue weighted by atomic mass is 35.5. The van der Waals surface area contributed by atoms with Gasteiger partial charge in [0.15, 0.2) is 5.82 Å². The molecule has 1 aromatic heterocycles. The highest BCUT2D eigenvalue weighted by Crippen LogP contribution is 2.32. The van der Waals surface area contributed by atoms with E-state index in [1.807, 2.05) is 0 Å². The first-order valence-electron chi connectivity index (χ1n) is 12.7. The maximum absolute atomic E-state index is 13.5. The zero-order valence-corrected chi connectivity index (χ0v) is 22.0. The molecule has 0 bridgehead atoms. The molecule has 8 nitrogen and oxygen atoms in total. The number of rotatable bonds is 13. The lowest BCUT2D eigenvalue weighted by atomic mass is 10.1. The Hall–Kier alpha value is -3.57. The van der Waals surface area contributed by atoms with Gasteiger partial charge in [-0.3, -0.25) is 4.79 Å². The van der Waals surface area contributed by atoms with Crippen LogP contribution in [-0.4, -0.2) is 60.2 Å². The third-order valence-electron chi connectivity index (χ3n) is 6.18. The first-order valence-corrected chi connectivity index (χ1v) is 13.0. The molecule has 4 rings (SSSR count). The number of amides is 1. The molecule has 1 amide bonds. The Balaban J connectivity index is 1.38. The number of nitrogens with one attached hydrogen (secondary N) is 3. The number of carbonyl (C=O) groups excluding carboxylic acids is 1. The Bertz CT molecular complexity index is 1260. The van der Waals surface area contributed by atoms with Crippen molar-refractivity contribution in [2.75, 3.05) is 43.4 Å². The van der Waals surface area contributed by atoms with Crippen molar-refractivity contribution in [2.45, 2.75) is 32.3 Å². The van der Waals surface area contributed by atoms with Gasteiger partial charge in [-0.05, 0) is 61.8 Å². The van der Waals surface area contributed by atoms with Crippen LogP contribution in [0, 0.1) is 5.82 Å². The fourth-order valence-electron chi connectivity index (χ4n) is 4.24. The molecule has 0 atom stereocenters. The van der Waals surface area contributed by atoms with E-state index in [4.69, 9.17) is 16.3 Å². The van der Waals surface area contributed by atoms with Crippen LogP contribution in [-0.2, 0) is 17.8 Å². The maximum Gasteiger partial charge on any atom is 0.242 e. The Labute approximate surface area is 229 Å². The number of hydrogen-bond donors (Lipinski definition) is 3. The second-order valence-corrected chi connectivity index (χ2v) is 9.53. The Kier molecular flexibility index (Phi) is 10.2. The quantitative estimate of drug-likeness (QED) is 0.269. The topological polar surface area (TPSA) is 91.4 Å². The van der Waals surface area contributed by atoms with Gasteiger partial charge in [0.2, 0.25) is 12.3 Å². The molecule has 12 heteroatoms. The standard InChI is InChI=1S/C27H30ClF3N6O2/c28-22-13-20(6-7-24(22)39-17-18-4-3-5-19(29)12-18)35-27-21(14-25(30)31)23(15-34-36-27)33-16-26(38)32-8-11-37-9-1-2-10-37/h3-7,12-13,15,25H,1-2,8-11,14,16-17H2,(H,32,38)(H2,33,35,36). The first kappa shape index (κ1) is 28.4. The third kappa shape index (κ3) is 8.72. The van der Waals surface area contributed by atoms with E-state index in [1.165, 1.54) is 31.2 Å². The van der Waals surface area contributed by atoms with Crippen molar-refractivity contribution in [1.29, 1.82) is 0 Å². The molecule has 0 saturated carbocycles. The molecule has 2 heterocycles. The van der Waals surface area contributed by atoms with E-state index >= 15 is 0 Å². The molecule has 0 radical (unpaired) electrons. The average molecular weight is 563 g/mol. The zero-order chi connectivity index (χ0) is 27.6. The molecule has 0 spiro atoms. The molecule has 1 aliphatic heterocycles. The van der Waals surface area contributed by atoms with Crippen LogP contribution in [0.15, 0.2) is 48.7 Å². The number of hydrogen-bond acceptors (Lipinski definition) is 7. The van der Waals surface area contributed by atoms with Gasteiger partial charge in [-0.1, -0.05) is 23.7 Å². The molecule has 0 aliphatic carbocycles. The van der Waals surface area contributed by atoms with E-state index in [0.717, 1.165) is 19.6 Å². The van der Waals surface area contributed by atoms with E-state index in [-0.39, 0.29) is 47.0 Å². The van der Waals surface area contributed by atoms with E-state index in [1.54, 1.807) is 30.3 Å². The van der Waals surface area contributed by atoms with Gasteiger partial charge in [-0.2, -0.15) is 5.10 Å². The number of carbonyl (C=O) groups is 1. The monoisotopic (exact) mass is 562 g/mol. The van der Waals surface area contributed by atoms with Gasteiger partial charge in [0.25, 0.3) is 0 Å². The molecule has 3 N–H and O–H groups in total. The lowest BCUT2D eigenvalue weighted by Crippen LogP contribution is -2.36. The Morgan fingerprint density at radius 3 is 2.72 bits per heavy atom.